The highest BCUT2D eigenvalue weighted by Crippen LogP contribution is 2.31. The fourth-order valence-electron chi connectivity index (χ4n) is 2.72. The third-order valence-electron chi connectivity index (χ3n) is 4.53. The Morgan fingerprint density at radius 1 is 0.676 bits per heavy atom. The molecular weight excluding hydrogens is 529 g/mol. The Labute approximate surface area is 232 Å². The van der Waals surface area contributed by atoms with Crippen molar-refractivity contribution in [1.29, 1.82) is 0 Å². The zero-order valence-corrected chi connectivity index (χ0v) is 24.1. The van der Waals surface area contributed by atoms with Crippen LogP contribution in [0, 0.1) is 0 Å². The maximum absolute atomic E-state index is 11.8. The predicted octanol–water partition coefficient (Wildman–Crippen LogP) is 6.99. The molecule has 2 unspecified atom stereocenters. The van der Waals surface area contributed by atoms with Gasteiger partial charge in [-0.15, -0.1) is 23.5 Å². The molecule has 2 rings (SSSR count). The smallest absolute Gasteiger partial charge is 0.335 e. The van der Waals surface area contributed by atoms with Gasteiger partial charge in [0.2, 0.25) is 12.6 Å². The van der Waals surface area contributed by atoms with E-state index in [-0.39, 0.29) is 0 Å². The fourth-order valence-corrected chi connectivity index (χ4v) is 5.18. The van der Waals surface area contributed by atoms with Crippen LogP contribution in [0.2, 0.25) is 0 Å². The summed E-state index contributed by atoms with van der Waals surface area (Å²) >= 11 is 4.80. The van der Waals surface area contributed by atoms with Crippen LogP contribution in [0.5, 0.6) is 0 Å². The quantitative estimate of drug-likeness (QED) is 0.0932. The molecule has 0 heterocycles. The van der Waals surface area contributed by atoms with Gasteiger partial charge in [0.25, 0.3) is 0 Å². The van der Waals surface area contributed by atoms with Crippen molar-refractivity contribution >= 4 is 47.2 Å². The van der Waals surface area contributed by atoms with E-state index in [2.05, 4.69) is 37.4 Å². The fraction of sp³-hybridized carbons (Fsp3) is 0.357. The number of esters is 2. The van der Waals surface area contributed by atoms with Crippen LogP contribution in [-0.4, -0.2) is 49.2 Å². The van der Waals surface area contributed by atoms with Crippen molar-refractivity contribution in [1.82, 2.24) is 0 Å². The minimum Gasteiger partial charge on any atom is -0.431 e. The topological polar surface area (TPSA) is 71.1 Å². The summed E-state index contributed by atoms with van der Waals surface area (Å²) in [6.45, 7) is 15.1. The molecule has 0 saturated heterocycles. The van der Waals surface area contributed by atoms with E-state index < -0.39 is 24.5 Å². The van der Waals surface area contributed by atoms with Gasteiger partial charge >= 0.3 is 11.9 Å². The summed E-state index contributed by atoms with van der Waals surface area (Å²) in [5.74, 6) is 0.0930. The first-order chi connectivity index (χ1) is 17.7. The lowest BCUT2D eigenvalue weighted by Gasteiger charge is -2.17. The van der Waals surface area contributed by atoms with Gasteiger partial charge in [-0.2, -0.15) is 0 Å². The lowest BCUT2D eigenvalue weighted by Crippen LogP contribution is -2.24. The van der Waals surface area contributed by atoms with Gasteiger partial charge in [0.1, 0.15) is 0 Å². The van der Waals surface area contributed by atoms with Crippen molar-refractivity contribution in [2.45, 2.75) is 59.9 Å². The minimum absolute atomic E-state index is 0.349. The molecule has 200 valence electrons. The van der Waals surface area contributed by atoms with E-state index in [1.807, 2.05) is 38.1 Å². The molecule has 0 bridgehead atoms. The average Bonchev–Trinajstić information content (AvgIpc) is 2.87. The Kier molecular flexibility index (Phi) is 14.0. The van der Waals surface area contributed by atoms with Crippen LogP contribution in [0.3, 0.4) is 0 Å². The summed E-state index contributed by atoms with van der Waals surface area (Å²) in [6, 6.07) is 16.4. The van der Waals surface area contributed by atoms with E-state index >= 15 is 0 Å². The molecule has 2 atom stereocenters. The normalized spacial score (nSPS) is 12.4. The van der Waals surface area contributed by atoms with Gasteiger partial charge in [0.05, 0.1) is 11.5 Å². The molecule has 0 N–H and O–H groups in total. The predicted molar refractivity (Wildman–Crippen MR) is 151 cm³/mol. The SMILES string of the molecule is C=C(C)C(=O)OC(CSc1ccc(Sc2ccc(SCC(OCC)OC(=O)C(=C)C)cc2)cc1)OCC. The van der Waals surface area contributed by atoms with E-state index in [1.165, 1.54) is 0 Å². The van der Waals surface area contributed by atoms with Gasteiger partial charge in [-0.25, -0.2) is 9.59 Å². The molecule has 0 radical (unpaired) electrons. The Hall–Kier alpha value is -2.17. The molecule has 37 heavy (non-hydrogen) atoms. The van der Waals surface area contributed by atoms with Gasteiger partial charge in [-0.1, -0.05) is 24.9 Å². The summed E-state index contributed by atoms with van der Waals surface area (Å²) in [4.78, 5) is 27.9. The van der Waals surface area contributed by atoms with Crippen LogP contribution in [-0.2, 0) is 28.5 Å². The molecular formula is C28H34O6S3. The maximum atomic E-state index is 11.8. The van der Waals surface area contributed by atoms with Gasteiger partial charge < -0.3 is 18.9 Å². The molecule has 0 fully saturated rings. The lowest BCUT2D eigenvalue weighted by molar-refractivity contribution is -0.169. The number of carbonyl (C=O) groups is 2. The molecule has 0 aliphatic carbocycles. The molecule has 2 aromatic carbocycles. The van der Waals surface area contributed by atoms with Crippen molar-refractivity contribution in [3.63, 3.8) is 0 Å². The number of carbonyl (C=O) groups excluding carboxylic acids is 2. The molecule has 0 saturated carbocycles. The Morgan fingerprint density at radius 2 is 1.00 bits per heavy atom. The van der Waals surface area contributed by atoms with Crippen molar-refractivity contribution < 1.29 is 28.5 Å². The average molecular weight is 563 g/mol. The molecule has 2 aromatic rings. The van der Waals surface area contributed by atoms with Gasteiger partial charge in [0, 0.05) is 43.9 Å². The maximum Gasteiger partial charge on any atom is 0.335 e. The van der Waals surface area contributed by atoms with Gasteiger partial charge in [0.15, 0.2) is 0 Å². The number of thioether (sulfide) groups is 2. The highest BCUT2D eigenvalue weighted by atomic mass is 32.2. The molecule has 9 heteroatoms. The largest absolute Gasteiger partial charge is 0.431 e. The van der Waals surface area contributed by atoms with Crippen LogP contribution in [0.4, 0.5) is 0 Å². The summed E-state index contributed by atoms with van der Waals surface area (Å²) in [5.41, 5.74) is 0.697. The Bertz CT molecular complexity index is 953. The first-order valence-electron chi connectivity index (χ1n) is 11.8. The minimum atomic E-state index is -0.619. The second-order valence-electron chi connectivity index (χ2n) is 7.81. The van der Waals surface area contributed by atoms with Gasteiger partial charge in [-0.3, -0.25) is 0 Å². The Balaban J connectivity index is 1.86. The van der Waals surface area contributed by atoms with E-state index in [0.717, 1.165) is 19.6 Å². The highest BCUT2D eigenvalue weighted by molar-refractivity contribution is 8.00. The molecule has 0 aliphatic heterocycles. The highest BCUT2D eigenvalue weighted by Gasteiger charge is 2.16. The lowest BCUT2D eigenvalue weighted by atomic mass is 10.4. The van der Waals surface area contributed by atoms with Crippen LogP contribution in [0.25, 0.3) is 0 Å². The number of hydrogen-bond donors (Lipinski definition) is 0. The van der Waals surface area contributed by atoms with Crippen molar-refractivity contribution in [3.05, 3.63) is 72.8 Å². The van der Waals surface area contributed by atoms with Crippen molar-refractivity contribution in [3.8, 4) is 0 Å². The van der Waals surface area contributed by atoms with E-state index in [4.69, 9.17) is 18.9 Å². The monoisotopic (exact) mass is 562 g/mol. The first-order valence-corrected chi connectivity index (χ1v) is 14.6. The van der Waals surface area contributed by atoms with Crippen LogP contribution in [0.15, 0.2) is 92.4 Å². The second-order valence-corrected chi connectivity index (χ2v) is 11.1. The summed E-state index contributed by atoms with van der Waals surface area (Å²) in [5, 5.41) is 0. The summed E-state index contributed by atoms with van der Waals surface area (Å²) < 4.78 is 21.7. The number of ether oxygens (including phenoxy) is 4. The third kappa shape index (κ3) is 11.8. The first kappa shape index (κ1) is 31.1. The standard InChI is InChI=1S/C28H34O6S3/c1-7-31-25(33-27(29)19(3)4)17-35-21-9-13-23(14-10-21)37-24-15-11-22(12-16-24)36-18-26(32-8-2)34-28(30)20(5)6/h9-16,25-26H,3,5,7-8,17-18H2,1-2,4,6H3. The zero-order chi connectivity index (χ0) is 27.2. The molecule has 0 spiro atoms. The van der Waals surface area contributed by atoms with Gasteiger partial charge in [-0.05, 0) is 76.2 Å². The Morgan fingerprint density at radius 3 is 1.30 bits per heavy atom. The van der Waals surface area contributed by atoms with Crippen molar-refractivity contribution in [2.24, 2.45) is 0 Å². The van der Waals surface area contributed by atoms with Crippen LogP contribution >= 0.6 is 35.3 Å². The van der Waals surface area contributed by atoms with E-state index in [9.17, 15) is 9.59 Å². The molecule has 0 aromatic heterocycles. The molecule has 0 aliphatic rings. The zero-order valence-electron chi connectivity index (χ0n) is 21.7. The third-order valence-corrected chi connectivity index (χ3v) is 7.64. The second kappa shape index (κ2) is 16.6. The molecule has 0 amide bonds. The number of rotatable bonds is 16. The van der Waals surface area contributed by atoms with Crippen molar-refractivity contribution in [2.75, 3.05) is 24.7 Å². The van der Waals surface area contributed by atoms with E-state index in [1.54, 1.807) is 49.1 Å². The van der Waals surface area contributed by atoms with Crippen LogP contribution < -0.4 is 0 Å². The van der Waals surface area contributed by atoms with E-state index in [0.29, 0.717) is 35.9 Å². The number of hydrogen-bond acceptors (Lipinski definition) is 9. The summed E-state index contributed by atoms with van der Waals surface area (Å²) in [7, 11) is 0. The summed E-state index contributed by atoms with van der Waals surface area (Å²) in [6.07, 6.45) is -1.24. The van der Waals surface area contributed by atoms with Crippen LogP contribution in [0.1, 0.15) is 27.7 Å². The molecule has 6 nitrogen and oxygen atoms in total. The number of benzene rings is 2.